The van der Waals surface area contributed by atoms with Gasteiger partial charge < -0.3 is 19.1 Å². The Morgan fingerprint density at radius 2 is 1.05 bits per heavy atom. The maximum Gasteiger partial charge on any atom is 0.410 e. The van der Waals surface area contributed by atoms with E-state index in [2.05, 4.69) is 62.5 Å². The molecule has 0 bridgehead atoms. The third-order valence-corrected chi connectivity index (χ3v) is 11.8. The Morgan fingerprint density at radius 1 is 0.625 bits per heavy atom. The molecule has 1 aromatic rings. The van der Waals surface area contributed by atoms with E-state index in [1.165, 1.54) is 128 Å². The SMILES string of the molecule is CCCCCC=CCC=CCCCCCCCC1OC2(CCC(N(C)C(=O)OCc3ccccc3)CC2)OC1CCCCCCCC=CCC=CCCCCC. The first-order valence-electron chi connectivity index (χ1n) is 23.5. The Kier molecular flexibility index (Phi) is 26.7. The highest BCUT2D eigenvalue weighted by atomic mass is 16.8. The minimum absolute atomic E-state index is 0.150. The number of amides is 1. The highest BCUT2D eigenvalue weighted by Gasteiger charge is 2.49. The molecule has 1 aliphatic heterocycles. The molecule has 3 rings (SSSR count). The number of hydrogen-bond acceptors (Lipinski definition) is 4. The number of ether oxygens (including phenoxy) is 3. The van der Waals surface area contributed by atoms with Crippen LogP contribution in [0, 0.1) is 0 Å². The molecule has 1 amide bonds. The zero-order valence-corrected chi connectivity index (χ0v) is 36.3. The molecule has 316 valence electrons. The topological polar surface area (TPSA) is 48.0 Å². The molecule has 2 aliphatic rings. The molecule has 1 saturated heterocycles. The lowest BCUT2D eigenvalue weighted by Gasteiger charge is -2.39. The van der Waals surface area contributed by atoms with Crippen molar-refractivity contribution in [3.63, 3.8) is 0 Å². The van der Waals surface area contributed by atoms with Crippen LogP contribution in [0.15, 0.2) is 78.9 Å². The van der Waals surface area contributed by atoms with E-state index in [-0.39, 0.29) is 24.3 Å². The van der Waals surface area contributed by atoms with Crippen LogP contribution in [0.4, 0.5) is 4.79 Å². The number of unbranched alkanes of at least 4 members (excludes halogenated alkanes) is 16. The smallest absolute Gasteiger partial charge is 0.410 e. The summed E-state index contributed by atoms with van der Waals surface area (Å²) < 4.78 is 19.5. The predicted octanol–water partition coefficient (Wildman–Crippen LogP) is 15.3. The lowest BCUT2D eigenvalue weighted by molar-refractivity contribution is -0.200. The molecule has 2 fully saturated rings. The number of hydrogen-bond donors (Lipinski definition) is 0. The zero-order valence-electron chi connectivity index (χ0n) is 36.3. The minimum atomic E-state index is -0.491. The van der Waals surface area contributed by atoms with Crippen molar-refractivity contribution in [1.82, 2.24) is 4.90 Å². The quantitative estimate of drug-likeness (QED) is 0.0557. The monoisotopic (exact) mass is 774 g/mol. The van der Waals surface area contributed by atoms with E-state index in [1.807, 2.05) is 37.4 Å². The summed E-state index contributed by atoms with van der Waals surface area (Å²) in [6.45, 7) is 4.83. The van der Waals surface area contributed by atoms with Gasteiger partial charge in [0.2, 0.25) is 0 Å². The first-order chi connectivity index (χ1) is 27.6. The Labute approximate surface area is 344 Å². The summed E-state index contributed by atoms with van der Waals surface area (Å²) in [6, 6.07) is 10.1. The largest absolute Gasteiger partial charge is 0.445 e. The van der Waals surface area contributed by atoms with Gasteiger partial charge in [-0.05, 0) is 95.5 Å². The maximum absolute atomic E-state index is 12.9. The molecule has 1 aliphatic carbocycles. The summed E-state index contributed by atoms with van der Waals surface area (Å²) in [4.78, 5) is 14.7. The normalized spacial score (nSPS) is 21.4. The number of rotatable bonds is 31. The van der Waals surface area contributed by atoms with E-state index in [0.717, 1.165) is 56.9 Å². The van der Waals surface area contributed by atoms with Crippen molar-refractivity contribution in [1.29, 1.82) is 0 Å². The standard InChI is InChI=1S/C51H83NO4/c1-4-6-8-10-12-14-16-18-20-22-24-26-28-30-35-39-48-49(40-36-31-29-27-25-23-21-19-17-15-13-11-9-7-5-2)56-51(55-48)43-41-47(42-44-51)52(3)50(53)54-45-46-37-33-32-34-38-46/h12-15,18-21,32-34,37-38,47-49H,4-11,16-17,22-31,35-36,39-45H2,1-3H3. The highest BCUT2D eigenvalue weighted by molar-refractivity contribution is 5.67. The summed E-state index contributed by atoms with van der Waals surface area (Å²) in [5.41, 5.74) is 1.01. The van der Waals surface area contributed by atoms with E-state index in [4.69, 9.17) is 14.2 Å². The van der Waals surface area contributed by atoms with Gasteiger partial charge in [-0.15, -0.1) is 0 Å². The van der Waals surface area contributed by atoms with Crippen molar-refractivity contribution in [2.75, 3.05) is 7.05 Å². The molecular formula is C51H83NO4. The average Bonchev–Trinajstić information content (AvgIpc) is 3.55. The van der Waals surface area contributed by atoms with Crippen LogP contribution in [-0.4, -0.2) is 42.1 Å². The summed E-state index contributed by atoms with van der Waals surface area (Å²) >= 11 is 0. The molecule has 1 spiro atoms. The van der Waals surface area contributed by atoms with E-state index in [9.17, 15) is 4.79 Å². The van der Waals surface area contributed by atoms with Gasteiger partial charge in [0.1, 0.15) is 6.61 Å². The second-order valence-corrected chi connectivity index (χ2v) is 16.6. The molecule has 1 saturated carbocycles. The van der Waals surface area contributed by atoms with Crippen molar-refractivity contribution < 1.29 is 19.0 Å². The maximum atomic E-state index is 12.9. The van der Waals surface area contributed by atoms with Gasteiger partial charge in [0, 0.05) is 25.9 Å². The molecule has 56 heavy (non-hydrogen) atoms. The van der Waals surface area contributed by atoms with Crippen LogP contribution in [0.1, 0.15) is 199 Å². The Bertz CT molecular complexity index is 1160. The second kappa shape index (κ2) is 31.4. The van der Waals surface area contributed by atoms with E-state index < -0.39 is 5.79 Å². The first kappa shape index (κ1) is 47.7. The fraction of sp³-hybridized carbons (Fsp3) is 0.706. The van der Waals surface area contributed by atoms with Crippen LogP contribution in [0.2, 0.25) is 0 Å². The van der Waals surface area contributed by atoms with E-state index in [1.54, 1.807) is 4.90 Å². The van der Waals surface area contributed by atoms with Crippen LogP contribution in [-0.2, 0) is 20.8 Å². The van der Waals surface area contributed by atoms with Crippen molar-refractivity contribution in [3.8, 4) is 0 Å². The third-order valence-electron chi connectivity index (χ3n) is 11.8. The van der Waals surface area contributed by atoms with Gasteiger partial charge in [-0.25, -0.2) is 4.79 Å². The predicted molar refractivity (Wildman–Crippen MR) is 238 cm³/mol. The van der Waals surface area contributed by atoms with Crippen molar-refractivity contribution in [2.45, 2.75) is 224 Å². The van der Waals surface area contributed by atoms with Gasteiger partial charge in [-0.3, -0.25) is 0 Å². The summed E-state index contributed by atoms with van der Waals surface area (Å²) in [6.07, 6.45) is 52.1. The third kappa shape index (κ3) is 21.2. The van der Waals surface area contributed by atoms with Gasteiger partial charge in [0.05, 0.1) is 12.2 Å². The van der Waals surface area contributed by atoms with Crippen LogP contribution >= 0.6 is 0 Å². The molecule has 2 unspecified atom stereocenters. The molecule has 0 radical (unpaired) electrons. The molecule has 1 aromatic carbocycles. The molecule has 0 N–H and O–H groups in total. The first-order valence-corrected chi connectivity index (χ1v) is 23.5. The molecular weight excluding hydrogens is 691 g/mol. The molecule has 2 atom stereocenters. The van der Waals surface area contributed by atoms with Crippen molar-refractivity contribution >= 4 is 6.09 Å². The Morgan fingerprint density at radius 3 is 1.52 bits per heavy atom. The van der Waals surface area contributed by atoms with Crippen LogP contribution in [0.25, 0.3) is 0 Å². The van der Waals surface area contributed by atoms with Crippen LogP contribution in [0.3, 0.4) is 0 Å². The fourth-order valence-corrected chi connectivity index (χ4v) is 8.17. The number of carbonyl (C=O) groups excluding carboxylic acids is 1. The molecule has 0 aromatic heterocycles. The summed E-state index contributed by atoms with van der Waals surface area (Å²) in [7, 11) is 1.88. The molecule has 1 heterocycles. The lowest BCUT2D eigenvalue weighted by atomic mass is 9.89. The average molecular weight is 774 g/mol. The number of carbonyl (C=O) groups is 1. The number of allylic oxidation sites excluding steroid dienone is 8. The van der Waals surface area contributed by atoms with Crippen molar-refractivity contribution in [3.05, 3.63) is 84.5 Å². The van der Waals surface area contributed by atoms with Gasteiger partial charge in [-0.1, -0.05) is 170 Å². The van der Waals surface area contributed by atoms with Crippen LogP contribution < -0.4 is 0 Å². The number of benzene rings is 1. The number of nitrogens with zero attached hydrogens (tertiary/aromatic N) is 1. The van der Waals surface area contributed by atoms with Gasteiger partial charge in [0.25, 0.3) is 0 Å². The molecule has 5 nitrogen and oxygen atoms in total. The summed E-state index contributed by atoms with van der Waals surface area (Å²) in [5.74, 6) is -0.491. The second-order valence-electron chi connectivity index (χ2n) is 16.6. The van der Waals surface area contributed by atoms with Gasteiger partial charge in [0.15, 0.2) is 5.79 Å². The lowest BCUT2D eigenvalue weighted by Crippen LogP contribution is -2.45. The fourth-order valence-electron chi connectivity index (χ4n) is 8.17. The Hall–Kier alpha value is -2.63. The molecule has 5 heteroatoms. The van der Waals surface area contributed by atoms with Crippen molar-refractivity contribution in [2.24, 2.45) is 0 Å². The minimum Gasteiger partial charge on any atom is -0.445 e. The van der Waals surface area contributed by atoms with Crippen LogP contribution in [0.5, 0.6) is 0 Å². The van der Waals surface area contributed by atoms with E-state index >= 15 is 0 Å². The van der Waals surface area contributed by atoms with Gasteiger partial charge in [-0.2, -0.15) is 0 Å². The summed E-state index contributed by atoms with van der Waals surface area (Å²) in [5, 5.41) is 0. The highest BCUT2D eigenvalue weighted by Crippen LogP contribution is 2.44. The van der Waals surface area contributed by atoms with Gasteiger partial charge >= 0.3 is 6.09 Å². The van der Waals surface area contributed by atoms with E-state index in [0.29, 0.717) is 6.61 Å². The zero-order chi connectivity index (χ0) is 39.8. The Balaban J connectivity index is 1.36.